The van der Waals surface area contributed by atoms with Crippen LogP contribution in [0.3, 0.4) is 0 Å². The first kappa shape index (κ1) is 14.4. The molecule has 21 heavy (non-hydrogen) atoms. The number of rotatable bonds is 4. The van der Waals surface area contributed by atoms with Crippen LogP contribution in [-0.4, -0.2) is 31.6 Å². The van der Waals surface area contributed by atoms with Crippen LogP contribution in [0.1, 0.15) is 24.9 Å². The molecule has 1 saturated heterocycles. The summed E-state index contributed by atoms with van der Waals surface area (Å²) in [5.41, 5.74) is 7.42. The first-order valence-corrected chi connectivity index (χ1v) is 7.79. The van der Waals surface area contributed by atoms with Gasteiger partial charge in [-0.15, -0.1) is 0 Å². The molecule has 0 amide bonds. The van der Waals surface area contributed by atoms with Gasteiger partial charge in [0.25, 0.3) is 0 Å². The molecule has 0 bridgehead atoms. The largest absolute Gasteiger partial charge is 0.496 e. The quantitative estimate of drug-likeness (QED) is 0.937. The molecule has 0 saturated carbocycles. The normalized spacial score (nSPS) is 22.8. The Hall–Kier alpha value is -1.58. The Morgan fingerprint density at radius 3 is 2.62 bits per heavy atom. The van der Waals surface area contributed by atoms with E-state index in [-0.39, 0.29) is 0 Å². The predicted octanol–water partition coefficient (Wildman–Crippen LogP) is 3.19. The Labute approximate surface area is 126 Å². The minimum Gasteiger partial charge on any atom is -0.496 e. The van der Waals surface area contributed by atoms with Gasteiger partial charge in [-0.1, -0.05) is 37.3 Å². The molecule has 3 rings (SSSR count). The predicted molar refractivity (Wildman–Crippen MR) is 87.6 cm³/mol. The van der Waals surface area contributed by atoms with Gasteiger partial charge in [0, 0.05) is 11.4 Å². The van der Waals surface area contributed by atoms with Crippen LogP contribution in [0.4, 0.5) is 0 Å². The lowest BCUT2D eigenvalue weighted by atomic mass is 9.90. The molecule has 3 heteroatoms. The number of methoxy groups -OCH3 is 1. The van der Waals surface area contributed by atoms with Crippen LogP contribution >= 0.6 is 0 Å². The smallest absolute Gasteiger partial charge is 0.126 e. The molecule has 0 radical (unpaired) electrons. The number of nitrogens with two attached hydrogens (primary N) is 1. The Kier molecular flexibility index (Phi) is 4.13. The number of hydrogen-bond donors (Lipinski definition) is 1. The zero-order valence-electron chi connectivity index (χ0n) is 12.9. The highest BCUT2D eigenvalue weighted by atomic mass is 16.5. The highest BCUT2D eigenvalue weighted by Crippen LogP contribution is 2.41. The number of nitrogens with zero attached hydrogens (tertiary/aromatic N) is 1. The van der Waals surface area contributed by atoms with Gasteiger partial charge in [-0.05, 0) is 49.0 Å². The van der Waals surface area contributed by atoms with Crippen molar-refractivity contribution in [3.63, 3.8) is 0 Å². The molecular weight excluding hydrogens is 260 g/mol. The number of ether oxygens (including phenoxy) is 1. The van der Waals surface area contributed by atoms with Gasteiger partial charge in [0.15, 0.2) is 0 Å². The average Bonchev–Trinajstić information content (AvgIpc) is 2.96. The molecule has 0 aromatic heterocycles. The summed E-state index contributed by atoms with van der Waals surface area (Å²) in [5, 5.41) is 2.48. The fraction of sp³-hybridized carbons (Fsp3) is 0.444. The summed E-state index contributed by atoms with van der Waals surface area (Å²) in [4.78, 5) is 2.55. The van der Waals surface area contributed by atoms with Crippen molar-refractivity contribution < 1.29 is 4.74 Å². The zero-order valence-corrected chi connectivity index (χ0v) is 12.9. The van der Waals surface area contributed by atoms with Crippen molar-refractivity contribution in [2.24, 2.45) is 11.7 Å². The highest BCUT2D eigenvalue weighted by molar-refractivity contribution is 5.91. The van der Waals surface area contributed by atoms with Crippen LogP contribution < -0.4 is 10.5 Å². The van der Waals surface area contributed by atoms with Crippen LogP contribution in [-0.2, 0) is 0 Å². The van der Waals surface area contributed by atoms with Gasteiger partial charge in [0.2, 0.25) is 0 Å². The maximum Gasteiger partial charge on any atom is 0.126 e. The minimum absolute atomic E-state index is 0.427. The average molecular weight is 284 g/mol. The van der Waals surface area contributed by atoms with Crippen LogP contribution in [0, 0.1) is 5.92 Å². The van der Waals surface area contributed by atoms with Crippen LogP contribution in [0.25, 0.3) is 10.8 Å². The van der Waals surface area contributed by atoms with Gasteiger partial charge in [0.1, 0.15) is 5.75 Å². The van der Waals surface area contributed by atoms with E-state index in [1.165, 1.54) is 22.8 Å². The Morgan fingerprint density at radius 1 is 1.19 bits per heavy atom. The summed E-state index contributed by atoms with van der Waals surface area (Å²) in [5.74, 6) is 1.49. The van der Waals surface area contributed by atoms with Crippen molar-refractivity contribution in [3.8, 4) is 5.75 Å². The Balaban J connectivity index is 2.15. The van der Waals surface area contributed by atoms with Gasteiger partial charge < -0.3 is 10.5 Å². The Morgan fingerprint density at radius 2 is 1.95 bits per heavy atom. The fourth-order valence-corrected chi connectivity index (χ4v) is 3.71. The first-order chi connectivity index (χ1) is 10.3. The second-order valence-electron chi connectivity index (χ2n) is 5.76. The van der Waals surface area contributed by atoms with Crippen LogP contribution in [0.15, 0.2) is 36.4 Å². The van der Waals surface area contributed by atoms with Crippen molar-refractivity contribution in [3.05, 3.63) is 42.0 Å². The van der Waals surface area contributed by atoms with Gasteiger partial charge >= 0.3 is 0 Å². The molecule has 0 spiro atoms. The molecule has 2 aromatic rings. The van der Waals surface area contributed by atoms with Crippen LogP contribution in [0.5, 0.6) is 5.75 Å². The standard InChI is InChI=1S/C18H24N2O/c1-3-20-11-10-13(12-19)18(20)16-8-9-17(21-2)15-7-5-4-6-14(15)16/h4-9,13,18H,3,10-12,19H2,1-2H3. The van der Waals surface area contributed by atoms with Gasteiger partial charge in [-0.25, -0.2) is 0 Å². The number of fused-ring (bicyclic) bond motifs is 1. The molecule has 1 aliphatic heterocycles. The molecule has 3 nitrogen and oxygen atoms in total. The first-order valence-electron chi connectivity index (χ1n) is 7.79. The molecule has 1 aliphatic rings. The number of likely N-dealkylation sites (tertiary alicyclic amines) is 1. The number of hydrogen-bond acceptors (Lipinski definition) is 3. The summed E-state index contributed by atoms with van der Waals surface area (Å²) in [6, 6.07) is 13.3. The molecule has 2 N–H and O–H groups in total. The monoisotopic (exact) mass is 284 g/mol. The van der Waals surface area contributed by atoms with E-state index >= 15 is 0 Å². The third-order valence-corrected chi connectivity index (χ3v) is 4.79. The van der Waals surface area contributed by atoms with Gasteiger partial charge in [0.05, 0.1) is 7.11 Å². The Bertz CT molecular complexity index is 614. The molecule has 1 fully saturated rings. The summed E-state index contributed by atoms with van der Waals surface area (Å²) in [6.45, 7) is 5.20. The third-order valence-electron chi connectivity index (χ3n) is 4.79. The van der Waals surface area contributed by atoms with Crippen molar-refractivity contribution in [1.29, 1.82) is 0 Å². The van der Waals surface area contributed by atoms with E-state index in [0.29, 0.717) is 12.0 Å². The molecule has 2 atom stereocenters. The maximum atomic E-state index is 6.03. The molecule has 0 aliphatic carbocycles. The van der Waals surface area contributed by atoms with Crippen molar-refractivity contribution >= 4 is 10.8 Å². The molecule has 1 heterocycles. The third kappa shape index (κ3) is 2.41. The molecule has 2 aromatic carbocycles. The minimum atomic E-state index is 0.427. The van der Waals surface area contributed by atoms with E-state index in [1.54, 1.807) is 7.11 Å². The molecule has 112 valence electrons. The lowest BCUT2D eigenvalue weighted by Crippen LogP contribution is -2.28. The van der Waals surface area contributed by atoms with E-state index in [9.17, 15) is 0 Å². The topological polar surface area (TPSA) is 38.5 Å². The van der Waals surface area contributed by atoms with Gasteiger partial charge in [-0.2, -0.15) is 0 Å². The SMILES string of the molecule is CCN1CCC(CN)C1c1ccc(OC)c2ccccc12. The van der Waals surface area contributed by atoms with E-state index in [0.717, 1.165) is 25.4 Å². The zero-order chi connectivity index (χ0) is 14.8. The van der Waals surface area contributed by atoms with Crippen LogP contribution in [0.2, 0.25) is 0 Å². The van der Waals surface area contributed by atoms with E-state index in [2.05, 4.69) is 48.2 Å². The van der Waals surface area contributed by atoms with E-state index < -0.39 is 0 Å². The molecular formula is C18H24N2O. The fourth-order valence-electron chi connectivity index (χ4n) is 3.71. The second kappa shape index (κ2) is 6.04. The van der Waals surface area contributed by atoms with Crippen molar-refractivity contribution in [1.82, 2.24) is 4.90 Å². The molecule has 2 unspecified atom stereocenters. The maximum absolute atomic E-state index is 6.03. The van der Waals surface area contributed by atoms with Crippen molar-refractivity contribution in [2.75, 3.05) is 26.7 Å². The van der Waals surface area contributed by atoms with Crippen molar-refractivity contribution in [2.45, 2.75) is 19.4 Å². The lowest BCUT2D eigenvalue weighted by Gasteiger charge is -2.28. The van der Waals surface area contributed by atoms with E-state index in [1.807, 2.05) is 0 Å². The van der Waals surface area contributed by atoms with Gasteiger partial charge in [-0.3, -0.25) is 4.90 Å². The second-order valence-corrected chi connectivity index (χ2v) is 5.76. The van der Waals surface area contributed by atoms with E-state index in [4.69, 9.17) is 10.5 Å². The summed E-state index contributed by atoms with van der Waals surface area (Å²) < 4.78 is 5.51. The summed E-state index contributed by atoms with van der Waals surface area (Å²) in [6.07, 6.45) is 1.19. The lowest BCUT2D eigenvalue weighted by molar-refractivity contribution is 0.243. The highest BCUT2D eigenvalue weighted by Gasteiger charge is 2.34. The summed E-state index contributed by atoms with van der Waals surface area (Å²) in [7, 11) is 1.73. The number of benzene rings is 2. The summed E-state index contributed by atoms with van der Waals surface area (Å²) >= 11 is 0.